The number of hydrogen-bond acceptors (Lipinski definition) is 5. The molecule has 110 valence electrons. The number of carbonyl (C=O) groups is 2. The average molecular weight is 282 g/mol. The van der Waals surface area contributed by atoms with Gasteiger partial charge >= 0.3 is 5.97 Å². The fourth-order valence-electron chi connectivity index (χ4n) is 2.45. The Morgan fingerprint density at radius 3 is 2.75 bits per heavy atom. The lowest BCUT2D eigenvalue weighted by Crippen LogP contribution is -2.47. The maximum absolute atomic E-state index is 12.1. The number of aromatic nitrogens is 3. The zero-order valence-electron chi connectivity index (χ0n) is 11.3. The molecule has 0 aromatic carbocycles. The molecular weight excluding hydrogens is 264 g/mol. The van der Waals surface area contributed by atoms with Gasteiger partial charge in [-0.15, -0.1) is 5.10 Å². The minimum atomic E-state index is -1.18. The molecule has 1 aromatic rings. The number of amides is 1. The van der Waals surface area contributed by atoms with Gasteiger partial charge < -0.3 is 15.1 Å². The largest absolute Gasteiger partial charge is 0.476 e. The molecule has 8 heteroatoms. The second-order valence-electron chi connectivity index (χ2n) is 5.03. The maximum atomic E-state index is 12.1. The van der Waals surface area contributed by atoms with Crippen molar-refractivity contribution >= 4 is 11.9 Å². The SMILES string of the molecule is CN(C(=O)Cn1cc(C(=O)O)nn1)C1CCCCC1O. The molecule has 1 fully saturated rings. The molecule has 1 saturated carbocycles. The lowest BCUT2D eigenvalue weighted by Gasteiger charge is -2.35. The summed E-state index contributed by atoms with van der Waals surface area (Å²) in [6, 6.07) is -0.182. The molecule has 2 atom stereocenters. The topological polar surface area (TPSA) is 109 Å². The third-order valence-corrected chi connectivity index (χ3v) is 3.64. The molecule has 8 nitrogen and oxygen atoms in total. The standard InChI is InChI=1S/C12H18N4O4/c1-15(9-4-2-3-5-10(9)17)11(18)7-16-6-8(12(19)20)13-14-16/h6,9-10,17H,2-5,7H2,1H3,(H,19,20). The number of aromatic carboxylic acids is 1. The third-order valence-electron chi connectivity index (χ3n) is 3.64. The second-order valence-corrected chi connectivity index (χ2v) is 5.03. The van der Waals surface area contributed by atoms with Crippen LogP contribution in [0.3, 0.4) is 0 Å². The van der Waals surface area contributed by atoms with Crippen LogP contribution >= 0.6 is 0 Å². The summed E-state index contributed by atoms with van der Waals surface area (Å²) in [5.74, 6) is -1.41. The molecule has 1 aliphatic rings. The van der Waals surface area contributed by atoms with Gasteiger partial charge in [-0.25, -0.2) is 9.48 Å². The van der Waals surface area contributed by atoms with Crippen molar-refractivity contribution in [1.82, 2.24) is 19.9 Å². The van der Waals surface area contributed by atoms with E-state index in [1.54, 1.807) is 7.05 Å². The third kappa shape index (κ3) is 3.13. The highest BCUT2D eigenvalue weighted by Crippen LogP contribution is 2.22. The number of carboxylic acid groups (broad SMARTS) is 1. The number of nitrogens with zero attached hydrogens (tertiary/aromatic N) is 4. The van der Waals surface area contributed by atoms with Crippen LogP contribution in [0.1, 0.15) is 36.2 Å². The molecule has 0 saturated heterocycles. The van der Waals surface area contributed by atoms with Gasteiger partial charge in [0.15, 0.2) is 5.69 Å². The molecule has 0 spiro atoms. The summed E-state index contributed by atoms with van der Waals surface area (Å²) in [4.78, 5) is 24.3. The summed E-state index contributed by atoms with van der Waals surface area (Å²) in [5.41, 5.74) is -0.196. The van der Waals surface area contributed by atoms with E-state index in [1.165, 1.54) is 15.8 Å². The van der Waals surface area contributed by atoms with Crippen LogP contribution in [0.15, 0.2) is 6.20 Å². The van der Waals surface area contributed by atoms with Gasteiger partial charge in [-0.2, -0.15) is 0 Å². The van der Waals surface area contributed by atoms with Gasteiger partial charge in [0.05, 0.1) is 18.3 Å². The lowest BCUT2D eigenvalue weighted by molar-refractivity contribution is -0.136. The van der Waals surface area contributed by atoms with Crippen molar-refractivity contribution in [2.24, 2.45) is 0 Å². The van der Waals surface area contributed by atoms with Crippen molar-refractivity contribution in [3.8, 4) is 0 Å². The summed E-state index contributed by atoms with van der Waals surface area (Å²) >= 11 is 0. The minimum Gasteiger partial charge on any atom is -0.476 e. The van der Waals surface area contributed by atoms with Crippen molar-refractivity contribution < 1.29 is 19.8 Å². The van der Waals surface area contributed by atoms with Gasteiger partial charge in [0.25, 0.3) is 0 Å². The first-order valence-electron chi connectivity index (χ1n) is 6.56. The van der Waals surface area contributed by atoms with E-state index in [1.807, 2.05) is 0 Å². The molecule has 0 aliphatic heterocycles. The molecule has 2 N–H and O–H groups in total. The number of likely N-dealkylation sites (N-methyl/N-ethyl adjacent to an activating group) is 1. The molecular formula is C12H18N4O4. The molecule has 2 rings (SSSR count). The summed E-state index contributed by atoms with van der Waals surface area (Å²) in [5, 5.41) is 25.7. The number of aliphatic hydroxyl groups is 1. The number of carboxylic acids is 1. The predicted octanol–water partition coefficient (Wildman–Crippen LogP) is -0.262. The highest BCUT2D eigenvalue weighted by Gasteiger charge is 2.29. The first kappa shape index (κ1) is 14.4. The van der Waals surface area contributed by atoms with Crippen LogP contribution in [0, 0.1) is 0 Å². The van der Waals surface area contributed by atoms with Crippen LogP contribution in [0.2, 0.25) is 0 Å². The normalized spacial score (nSPS) is 22.5. The van der Waals surface area contributed by atoms with Gasteiger partial charge in [0, 0.05) is 7.05 Å². The van der Waals surface area contributed by atoms with Crippen molar-refractivity contribution in [3.05, 3.63) is 11.9 Å². The second kappa shape index (κ2) is 6.00. The van der Waals surface area contributed by atoms with Gasteiger partial charge in [0.1, 0.15) is 6.54 Å². The quantitative estimate of drug-likeness (QED) is 0.787. The first-order valence-corrected chi connectivity index (χ1v) is 6.56. The Balaban J connectivity index is 1.97. The monoisotopic (exact) mass is 282 g/mol. The Labute approximate surface area is 116 Å². The number of aliphatic hydroxyl groups excluding tert-OH is 1. The fourth-order valence-corrected chi connectivity index (χ4v) is 2.45. The molecule has 0 bridgehead atoms. The summed E-state index contributed by atoms with van der Waals surface area (Å²) in [7, 11) is 1.65. The van der Waals surface area contributed by atoms with E-state index in [2.05, 4.69) is 10.3 Å². The molecule has 1 amide bonds. The Kier molecular flexibility index (Phi) is 4.33. The Hall–Kier alpha value is -1.96. The van der Waals surface area contributed by atoms with Gasteiger partial charge in [-0.1, -0.05) is 18.1 Å². The predicted molar refractivity (Wildman–Crippen MR) is 68.0 cm³/mol. The highest BCUT2D eigenvalue weighted by molar-refractivity contribution is 5.84. The van der Waals surface area contributed by atoms with Gasteiger partial charge in [-0.05, 0) is 12.8 Å². The van der Waals surface area contributed by atoms with Crippen LogP contribution < -0.4 is 0 Å². The average Bonchev–Trinajstić information content (AvgIpc) is 2.87. The maximum Gasteiger partial charge on any atom is 0.358 e. The van der Waals surface area contributed by atoms with Crippen LogP contribution in [0.25, 0.3) is 0 Å². The van der Waals surface area contributed by atoms with Crippen LogP contribution in [0.4, 0.5) is 0 Å². The van der Waals surface area contributed by atoms with E-state index in [0.29, 0.717) is 6.42 Å². The summed E-state index contributed by atoms with van der Waals surface area (Å²) in [6.45, 7) is -0.0833. The Morgan fingerprint density at radius 1 is 1.45 bits per heavy atom. The molecule has 1 heterocycles. The van der Waals surface area contributed by atoms with Crippen molar-refractivity contribution in [3.63, 3.8) is 0 Å². The summed E-state index contributed by atoms with van der Waals surface area (Å²) < 4.78 is 1.19. The molecule has 0 radical (unpaired) electrons. The van der Waals surface area contributed by atoms with Crippen LogP contribution in [-0.2, 0) is 11.3 Å². The van der Waals surface area contributed by atoms with Gasteiger partial charge in [0.2, 0.25) is 5.91 Å². The zero-order chi connectivity index (χ0) is 14.7. The summed E-state index contributed by atoms with van der Waals surface area (Å²) in [6.07, 6.45) is 4.17. The van der Waals surface area contributed by atoms with Crippen molar-refractivity contribution in [2.75, 3.05) is 7.05 Å². The zero-order valence-corrected chi connectivity index (χ0v) is 11.3. The van der Waals surface area contributed by atoms with E-state index >= 15 is 0 Å². The van der Waals surface area contributed by atoms with E-state index in [-0.39, 0.29) is 24.2 Å². The number of hydrogen-bond donors (Lipinski definition) is 2. The van der Waals surface area contributed by atoms with E-state index in [4.69, 9.17) is 5.11 Å². The van der Waals surface area contributed by atoms with Crippen LogP contribution in [-0.4, -0.2) is 61.2 Å². The highest BCUT2D eigenvalue weighted by atomic mass is 16.4. The lowest BCUT2D eigenvalue weighted by atomic mass is 9.91. The molecule has 1 aliphatic carbocycles. The smallest absolute Gasteiger partial charge is 0.358 e. The van der Waals surface area contributed by atoms with Gasteiger partial charge in [-0.3, -0.25) is 4.79 Å². The number of rotatable bonds is 4. The van der Waals surface area contributed by atoms with E-state index < -0.39 is 12.1 Å². The molecule has 1 aromatic heterocycles. The molecule has 2 unspecified atom stereocenters. The van der Waals surface area contributed by atoms with Crippen molar-refractivity contribution in [2.45, 2.75) is 44.4 Å². The van der Waals surface area contributed by atoms with E-state index in [9.17, 15) is 14.7 Å². The minimum absolute atomic E-state index is 0.0833. The number of carbonyl (C=O) groups excluding carboxylic acids is 1. The van der Waals surface area contributed by atoms with Crippen LogP contribution in [0.5, 0.6) is 0 Å². The van der Waals surface area contributed by atoms with Crippen molar-refractivity contribution in [1.29, 1.82) is 0 Å². The Morgan fingerprint density at radius 2 is 2.15 bits per heavy atom. The Bertz CT molecular complexity index is 501. The first-order chi connectivity index (χ1) is 9.49. The fraction of sp³-hybridized carbons (Fsp3) is 0.667. The molecule has 20 heavy (non-hydrogen) atoms. The van der Waals surface area contributed by atoms with E-state index in [0.717, 1.165) is 19.3 Å².